The number of halogens is 2. The number of para-hydroxylation sites is 4. The number of anilines is 2. The Balaban J connectivity index is 0.000000726. The van der Waals surface area contributed by atoms with Gasteiger partial charge in [0.15, 0.2) is 8.24 Å². The van der Waals surface area contributed by atoms with Crippen LogP contribution in [0, 0.1) is 19.3 Å². The number of hydrogen-bond donors (Lipinski definition) is 0. The van der Waals surface area contributed by atoms with E-state index in [4.69, 9.17) is 23.9 Å². The molecule has 0 bridgehead atoms. The number of allylic oxidation sites excluding steroid dienone is 4. The number of rotatable bonds is 3. The molecule has 2 aliphatic carbocycles. The average molecular weight is 567 g/mol. The number of benzene rings is 3. The van der Waals surface area contributed by atoms with Crippen molar-refractivity contribution in [2.75, 3.05) is 4.57 Å². The molecule has 186 valence electrons. The normalized spacial score (nSPS) is 21.4. The van der Waals surface area contributed by atoms with E-state index in [1.807, 2.05) is 0 Å². The molecule has 3 aromatic rings. The molecule has 0 N–H and O–H groups in total. The van der Waals surface area contributed by atoms with Crippen molar-refractivity contribution in [1.82, 2.24) is 0 Å². The van der Waals surface area contributed by atoms with Gasteiger partial charge in [0.1, 0.15) is 0 Å². The van der Waals surface area contributed by atoms with Crippen LogP contribution in [0.4, 0.5) is 22.7 Å². The molecule has 1 fully saturated rings. The Labute approximate surface area is 234 Å². The molecule has 0 aromatic heterocycles. The van der Waals surface area contributed by atoms with Gasteiger partial charge in [0.05, 0.1) is 0 Å². The van der Waals surface area contributed by atoms with Crippen LogP contribution in [0.3, 0.4) is 0 Å². The monoisotopic (exact) mass is 566 g/mol. The summed E-state index contributed by atoms with van der Waals surface area (Å²) < 4.78 is 2.71. The predicted octanol–water partition coefficient (Wildman–Crippen LogP) is 10.6. The molecule has 6 heteroatoms. The summed E-state index contributed by atoms with van der Waals surface area (Å²) in [5.41, 5.74) is 8.38. The van der Waals surface area contributed by atoms with Gasteiger partial charge in [-0.15, -0.1) is 11.4 Å². The fourth-order valence-corrected chi connectivity index (χ4v) is 10.5. The molecule has 3 atom stereocenters. The summed E-state index contributed by atoms with van der Waals surface area (Å²) in [6, 6.07) is 28.4. The second-order valence-corrected chi connectivity index (χ2v) is 17.0. The van der Waals surface area contributed by atoms with Crippen molar-refractivity contribution in [2.24, 2.45) is 11.8 Å². The van der Waals surface area contributed by atoms with Crippen LogP contribution in [-0.4, -0.2) is 8.24 Å². The Morgan fingerprint density at radius 1 is 0.833 bits per heavy atom. The second-order valence-electron chi connectivity index (χ2n) is 9.89. The molecule has 0 spiro atoms. The SMILES string of the molecule is C[Si](C)(C1CC[C@@H]2C(c3ccccc3)=CC=C[C@H]12)N1c2ccccc2[N-]c2ccccc21.[CH3-].[Cl][Ti][Cl]. The van der Waals surface area contributed by atoms with E-state index in [0.29, 0.717) is 17.4 Å². The Hall–Kier alpha value is -1.75. The molecule has 1 saturated carbocycles. The van der Waals surface area contributed by atoms with Gasteiger partial charge in [-0.1, -0.05) is 98.1 Å². The first-order valence-corrected chi connectivity index (χ1v) is 19.5. The van der Waals surface area contributed by atoms with Crippen LogP contribution in [0.1, 0.15) is 18.4 Å². The van der Waals surface area contributed by atoms with Crippen LogP contribution < -0.4 is 4.57 Å². The van der Waals surface area contributed by atoms with Crippen molar-refractivity contribution >= 4 is 55.2 Å². The standard InChI is InChI=1S/C29H29N2Si.CH3.2ClH.Ti/c1-32(2,31-27-17-8-6-15-25(27)30-26-16-7-9-18-28(26)31)29-20-19-23-22(13-10-14-24(23)29)21-11-4-3-5-12-21;;;;/h3-18,23-24,29H,19-20H2,1-2H3;1H3;2*1H;/q2*-1;;;+2/p-2/t23-,24+,29?;;;;/m1..../s1. The third-order valence-corrected chi connectivity index (χ3v) is 11.9. The van der Waals surface area contributed by atoms with Crippen LogP contribution in [0.15, 0.2) is 97.1 Å². The molecule has 6 rings (SSSR count). The van der Waals surface area contributed by atoms with E-state index < -0.39 is 25.3 Å². The molecule has 3 aliphatic rings. The first kappa shape index (κ1) is 27.3. The van der Waals surface area contributed by atoms with Gasteiger partial charge in [-0.25, -0.2) is 0 Å². The molecule has 2 nitrogen and oxygen atoms in total. The van der Waals surface area contributed by atoms with Crippen molar-refractivity contribution in [1.29, 1.82) is 0 Å². The first-order valence-electron chi connectivity index (χ1n) is 12.2. The van der Waals surface area contributed by atoms with Gasteiger partial charge in [0.25, 0.3) is 0 Å². The second kappa shape index (κ2) is 11.8. The zero-order chi connectivity index (χ0) is 24.4. The zero-order valence-electron chi connectivity index (χ0n) is 21.0. The molecule has 1 heterocycles. The Bertz CT molecular complexity index is 1200. The molecular weight excluding hydrogens is 535 g/mol. The summed E-state index contributed by atoms with van der Waals surface area (Å²) in [6.07, 6.45) is 9.76. The van der Waals surface area contributed by atoms with E-state index in [1.54, 1.807) is 0 Å². The first-order chi connectivity index (χ1) is 17.1. The molecule has 0 radical (unpaired) electrons. The van der Waals surface area contributed by atoms with Gasteiger partial charge in [-0.3, -0.25) is 0 Å². The summed E-state index contributed by atoms with van der Waals surface area (Å²) in [6.45, 7) is 5.15. The van der Waals surface area contributed by atoms with Crippen molar-refractivity contribution in [3.8, 4) is 0 Å². The van der Waals surface area contributed by atoms with E-state index in [2.05, 4.69) is 115 Å². The Kier molecular flexibility index (Phi) is 8.91. The molecule has 0 amide bonds. The molecule has 1 aliphatic heterocycles. The molecule has 1 unspecified atom stereocenters. The fraction of sp³-hybridized carbons (Fsp3) is 0.233. The quantitative estimate of drug-likeness (QED) is 0.227. The summed E-state index contributed by atoms with van der Waals surface area (Å²) in [5, 5.41) is 4.99. The van der Waals surface area contributed by atoms with Gasteiger partial charge < -0.3 is 17.3 Å². The topological polar surface area (TPSA) is 17.3 Å². The van der Waals surface area contributed by atoms with Gasteiger partial charge in [0.2, 0.25) is 0 Å². The van der Waals surface area contributed by atoms with Crippen LogP contribution in [0.5, 0.6) is 0 Å². The van der Waals surface area contributed by atoms with Crippen molar-refractivity contribution in [3.63, 3.8) is 0 Å². The summed E-state index contributed by atoms with van der Waals surface area (Å²) in [4.78, 5) is 0. The van der Waals surface area contributed by atoms with Crippen molar-refractivity contribution < 1.29 is 17.0 Å². The van der Waals surface area contributed by atoms with E-state index in [1.165, 1.54) is 35.4 Å². The fourth-order valence-electron chi connectivity index (χ4n) is 6.37. The molecule has 3 aromatic carbocycles. The van der Waals surface area contributed by atoms with Gasteiger partial charge >= 0.3 is 35.6 Å². The Morgan fingerprint density at radius 2 is 1.39 bits per heavy atom. The maximum atomic E-state index is 4.99. The van der Waals surface area contributed by atoms with E-state index in [-0.39, 0.29) is 7.43 Å². The van der Waals surface area contributed by atoms with Gasteiger partial charge in [-0.05, 0) is 53.5 Å². The van der Waals surface area contributed by atoms with Crippen molar-refractivity contribution in [2.45, 2.75) is 31.5 Å². The Morgan fingerprint density at radius 3 is 2.00 bits per heavy atom. The predicted molar refractivity (Wildman–Crippen MR) is 157 cm³/mol. The average Bonchev–Trinajstić information content (AvgIpc) is 3.33. The third kappa shape index (κ3) is 5.01. The molecule has 0 saturated heterocycles. The number of nitrogens with zero attached hydrogens (tertiary/aromatic N) is 2. The van der Waals surface area contributed by atoms with E-state index in [0.717, 1.165) is 11.4 Å². The number of hydrogen-bond acceptors (Lipinski definition) is 1. The summed E-state index contributed by atoms with van der Waals surface area (Å²) in [7, 11) is 7.86. The summed E-state index contributed by atoms with van der Waals surface area (Å²) >= 11 is -0.556. The zero-order valence-corrected chi connectivity index (χ0v) is 25.1. The van der Waals surface area contributed by atoms with E-state index in [9.17, 15) is 0 Å². The van der Waals surface area contributed by atoms with E-state index >= 15 is 0 Å². The summed E-state index contributed by atoms with van der Waals surface area (Å²) in [5.74, 6) is 1.23. The molecule has 36 heavy (non-hydrogen) atoms. The van der Waals surface area contributed by atoms with Gasteiger partial charge in [0, 0.05) is 11.4 Å². The van der Waals surface area contributed by atoms with Crippen LogP contribution in [-0.2, 0) is 17.0 Å². The third-order valence-electron chi connectivity index (χ3n) is 7.80. The minimum atomic E-state index is -1.92. The maximum absolute atomic E-state index is 4.99. The van der Waals surface area contributed by atoms with Crippen LogP contribution in [0.25, 0.3) is 10.9 Å². The number of fused-ring (bicyclic) bond motifs is 3. The van der Waals surface area contributed by atoms with Crippen molar-refractivity contribution in [3.05, 3.63) is 115 Å². The minimum absolute atomic E-state index is 0. The van der Waals surface area contributed by atoms with Gasteiger partial charge in [-0.2, -0.15) is 0 Å². The molecular formula is C30H32Cl2N2SiTi-2. The van der Waals surface area contributed by atoms with Crippen LogP contribution in [0.2, 0.25) is 18.6 Å². The van der Waals surface area contributed by atoms with Crippen LogP contribution >= 0.6 is 18.6 Å².